The third-order valence-electron chi connectivity index (χ3n) is 4.88. The Morgan fingerprint density at radius 1 is 0.897 bits per heavy atom. The number of halogens is 1. The molecule has 5 heteroatoms. The van der Waals surface area contributed by atoms with Crippen LogP contribution in [0.5, 0.6) is 5.75 Å². The van der Waals surface area contributed by atoms with E-state index in [0.29, 0.717) is 38.5 Å². The Balaban J connectivity index is 1.69. The lowest BCUT2D eigenvalue weighted by atomic mass is 10.1. The molecule has 0 saturated heterocycles. The number of unbranched alkanes of at least 4 members (excludes halogenated alkanes) is 3. The molecule has 0 N–H and O–H groups in total. The molecule has 0 spiro atoms. The molecule has 0 aliphatic rings. The SMILES string of the molecule is CCCCCCOc1cnc(-c2ccc(CCCOCCC(F)CC)cc2)nc1. The zero-order chi connectivity index (χ0) is 20.7. The van der Waals surface area contributed by atoms with E-state index in [1.54, 1.807) is 12.4 Å². The monoisotopic (exact) mass is 402 g/mol. The Bertz CT molecular complexity index is 662. The number of alkyl halides is 1. The molecular formula is C24H35FN2O2. The van der Waals surface area contributed by atoms with E-state index in [1.165, 1.54) is 24.8 Å². The molecule has 0 bridgehead atoms. The summed E-state index contributed by atoms with van der Waals surface area (Å²) < 4.78 is 24.3. The molecule has 2 aromatic rings. The van der Waals surface area contributed by atoms with Crippen molar-refractivity contribution in [3.05, 3.63) is 42.2 Å². The van der Waals surface area contributed by atoms with Crippen LogP contribution >= 0.6 is 0 Å². The number of hydrogen-bond donors (Lipinski definition) is 0. The van der Waals surface area contributed by atoms with Gasteiger partial charge in [0.1, 0.15) is 6.17 Å². The van der Waals surface area contributed by atoms with Crippen LogP contribution in [0.2, 0.25) is 0 Å². The van der Waals surface area contributed by atoms with E-state index in [9.17, 15) is 4.39 Å². The first-order chi connectivity index (χ1) is 14.2. The van der Waals surface area contributed by atoms with Crippen molar-refractivity contribution in [3.8, 4) is 17.1 Å². The molecule has 1 heterocycles. The van der Waals surface area contributed by atoms with Crippen molar-refractivity contribution in [2.45, 2.75) is 71.4 Å². The van der Waals surface area contributed by atoms with Crippen LogP contribution in [0.3, 0.4) is 0 Å². The van der Waals surface area contributed by atoms with Gasteiger partial charge in [0.15, 0.2) is 11.6 Å². The van der Waals surface area contributed by atoms with Crippen LogP contribution in [-0.2, 0) is 11.2 Å². The number of benzene rings is 1. The Labute approximate surface area is 174 Å². The Kier molecular flexibility index (Phi) is 11.3. The molecule has 29 heavy (non-hydrogen) atoms. The topological polar surface area (TPSA) is 44.2 Å². The number of rotatable bonds is 15. The molecule has 0 amide bonds. The number of ether oxygens (including phenoxy) is 2. The lowest BCUT2D eigenvalue weighted by Crippen LogP contribution is -2.05. The third-order valence-corrected chi connectivity index (χ3v) is 4.88. The zero-order valence-corrected chi connectivity index (χ0v) is 17.9. The van der Waals surface area contributed by atoms with Gasteiger partial charge in [0.25, 0.3) is 0 Å². The molecule has 0 saturated carbocycles. The van der Waals surface area contributed by atoms with E-state index >= 15 is 0 Å². The lowest BCUT2D eigenvalue weighted by Gasteiger charge is -2.08. The van der Waals surface area contributed by atoms with Gasteiger partial charge < -0.3 is 9.47 Å². The first kappa shape index (κ1) is 23.3. The van der Waals surface area contributed by atoms with Crippen molar-refractivity contribution in [2.75, 3.05) is 19.8 Å². The van der Waals surface area contributed by atoms with Crippen LogP contribution in [0.1, 0.15) is 64.4 Å². The zero-order valence-electron chi connectivity index (χ0n) is 17.9. The molecule has 160 valence electrons. The summed E-state index contributed by atoms with van der Waals surface area (Å²) in [6.07, 6.45) is 10.4. The second-order valence-electron chi connectivity index (χ2n) is 7.36. The van der Waals surface area contributed by atoms with Gasteiger partial charge >= 0.3 is 0 Å². The summed E-state index contributed by atoms with van der Waals surface area (Å²) in [4.78, 5) is 8.85. The van der Waals surface area contributed by atoms with E-state index in [0.717, 1.165) is 30.6 Å². The van der Waals surface area contributed by atoms with E-state index in [-0.39, 0.29) is 0 Å². The highest BCUT2D eigenvalue weighted by Crippen LogP contribution is 2.18. The molecule has 1 unspecified atom stereocenters. The van der Waals surface area contributed by atoms with Crippen molar-refractivity contribution in [1.82, 2.24) is 9.97 Å². The summed E-state index contributed by atoms with van der Waals surface area (Å²) in [5, 5.41) is 0. The van der Waals surface area contributed by atoms with Crippen LogP contribution in [0.15, 0.2) is 36.7 Å². The van der Waals surface area contributed by atoms with Gasteiger partial charge in [-0.25, -0.2) is 14.4 Å². The minimum atomic E-state index is -0.740. The predicted octanol–water partition coefficient (Wildman–Crippen LogP) is 6.19. The smallest absolute Gasteiger partial charge is 0.159 e. The fourth-order valence-electron chi connectivity index (χ4n) is 2.97. The van der Waals surface area contributed by atoms with Gasteiger partial charge in [-0.1, -0.05) is 57.4 Å². The van der Waals surface area contributed by atoms with Crippen molar-refractivity contribution in [1.29, 1.82) is 0 Å². The van der Waals surface area contributed by atoms with Crippen LogP contribution in [-0.4, -0.2) is 36.0 Å². The van der Waals surface area contributed by atoms with E-state index in [1.807, 2.05) is 19.1 Å². The van der Waals surface area contributed by atoms with E-state index in [2.05, 4.69) is 29.0 Å². The number of nitrogens with zero attached hydrogens (tertiary/aromatic N) is 2. The average Bonchev–Trinajstić information content (AvgIpc) is 2.76. The van der Waals surface area contributed by atoms with Crippen LogP contribution in [0.25, 0.3) is 11.4 Å². The highest BCUT2D eigenvalue weighted by atomic mass is 19.1. The second kappa shape index (κ2) is 14.0. The van der Waals surface area contributed by atoms with Crippen molar-refractivity contribution < 1.29 is 13.9 Å². The molecule has 0 fully saturated rings. The van der Waals surface area contributed by atoms with E-state index in [4.69, 9.17) is 9.47 Å². The fraction of sp³-hybridized carbons (Fsp3) is 0.583. The molecule has 1 aromatic carbocycles. The third kappa shape index (κ3) is 9.35. The summed E-state index contributed by atoms with van der Waals surface area (Å²) in [6.45, 7) is 5.95. The number of hydrogen-bond acceptors (Lipinski definition) is 4. The Hall–Kier alpha value is -2.01. The van der Waals surface area contributed by atoms with Gasteiger partial charge in [0, 0.05) is 25.2 Å². The molecule has 1 atom stereocenters. The van der Waals surface area contributed by atoms with Gasteiger partial charge in [-0.3, -0.25) is 0 Å². The maximum absolute atomic E-state index is 13.1. The van der Waals surface area contributed by atoms with Gasteiger partial charge in [-0.05, 0) is 31.2 Å². The van der Waals surface area contributed by atoms with Gasteiger partial charge in [-0.2, -0.15) is 0 Å². The minimum Gasteiger partial charge on any atom is -0.490 e. The van der Waals surface area contributed by atoms with E-state index < -0.39 is 6.17 Å². The average molecular weight is 403 g/mol. The van der Waals surface area contributed by atoms with Gasteiger partial charge in [0.2, 0.25) is 0 Å². The summed E-state index contributed by atoms with van der Waals surface area (Å²) in [7, 11) is 0. The number of aromatic nitrogens is 2. The molecule has 2 rings (SSSR count). The van der Waals surface area contributed by atoms with Gasteiger partial charge in [-0.15, -0.1) is 0 Å². The standard InChI is InChI=1S/C24H35FN2O2/c1-3-5-6-7-16-29-23-18-26-24(27-19-23)21-12-10-20(11-13-21)9-8-15-28-17-14-22(25)4-2/h10-13,18-19,22H,3-9,14-17H2,1-2H3. The first-order valence-corrected chi connectivity index (χ1v) is 11.0. The highest BCUT2D eigenvalue weighted by Gasteiger charge is 2.04. The quantitative estimate of drug-likeness (QED) is 0.333. The van der Waals surface area contributed by atoms with Crippen LogP contribution in [0.4, 0.5) is 4.39 Å². The summed E-state index contributed by atoms with van der Waals surface area (Å²) >= 11 is 0. The fourth-order valence-corrected chi connectivity index (χ4v) is 2.97. The molecule has 4 nitrogen and oxygen atoms in total. The van der Waals surface area contributed by atoms with Gasteiger partial charge in [0.05, 0.1) is 19.0 Å². The lowest BCUT2D eigenvalue weighted by molar-refractivity contribution is 0.109. The highest BCUT2D eigenvalue weighted by molar-refractivity contribution is 5.55. The number of aryl methyl sites for hydroxylation is 1. The predicted molar refractivity (Wildman–Crippen MR) is 116 cm³/mol. The van der Waals surface area contributed by atoms with Crippen molar-refractivity contribution in [2.24, 2.45) is 0 Å². The molecule has 0 radical (unpaired) electrons. The summed E-state index contributed by atoms with van der Waals surface area (Å²) in [5.41, 5.74) is 2.24. The summed E-state index contributed by atoms with van der Waals surface area (Å²) in [5.74, 6) is 1.43. The van der Waals surface area contributed by atoms with Crippen LogP contribution < -0.4 is 4.74 Å². The maximum atomic E-state index is 13.1. The minimum absolute atomic E-state index is 0.494. The van der Waals surface area contributed by atoms with Crippen molar-refractivity contribution in [3.63, 3.8) is 0 Å². The molecule has 0 aliphatic heterocycles. The summed E-state index contributed by atoms with van der Waals surface area (Å²) in [6, 6.07) is 8.30. The Morgan fingerprint density at radius 2 is 1.66 bits per heavy atom. The molecule has 0 aliphatic carbocycles. The van der Waals surface area contributed by atoms with Crippen molar-refractivity contribution >= 4 is 0 Å². The first-order valence-electron chi connectivity index (χ1n) is 11.0. The second-order valence-corrected chi connectivity index (χ2v) is 7.36. The largest absolute Gasteiger partial charge is 0.490 e. The van der Waals surface area contributed by atoms with Crippen LogP contribution in [0, 0.1) is 0 Å². The molecular weight excluding hydrogens is 367 g/mol. The maximum Gasteiger partial charge on any atom is 0.159 e. The Morgan fingerprint density at radius 3 is 2.34 bits per heavy atom. The molecule has 1 aromatic heterocycles. The normalized spacial score (nSPS) is 12.1.